The second kappa shape index (κ2) is 6.03. The third-order valence-electron chi connectivity index (χ3n) is 3.49. The van der Waals surface area contributed by atoms with Crippen molar-refractivity contribution in [3.8, 4) is 5.75 Å². The van der Waals surface area contributed by atoms with E-state index in [2.05, 4.69) is 17.0 Å². The normalized spacial score (nSPS) is 20.7. The van der Waals surface area contributed by atoms with Crippen molar-refractivity contribution in [2.45, 2.75) is 19.4 Å². The minimum Gasteiger partial charge on any atom is -0.496 e. The Kier molecular flexibility index (Phi) is 4.40. The Balaban J connectivity index is 1.93. The minimum atomic E-state index is 0.313. The van der Waals surface area contributed by atoms with E-state index in [4.69, 9.17) is 9.84 Å². The SMILES string of the molecule is COc1ccccc1CN1CCC(CCO)C1. The second-order valence-corrected chi connectivity index (χ2v) is 4.71. The first-order chi connectivity index (χ1) is 8.33. The van der Waals surface area contributed by atoms with E-state index in [0.29, 0.717) is 12.5 Å². The number of para-hydroxylation sites is 1. The zero-order valence-electron chi connectivity index (χ0n) is 10.4. The van der Waals surface area contributed by atoms with Crippen LogP contribution in [0.2, 0.25) is 0 Å². The molecule has 1 saturated heterocycles. The first-order valence-electron chi connectivity index (χ1n) is 6.28. The van der Waals surface area contributed by atoms with Crippen LogP contribution in [0.4, 0.5) is 0 Å². The molecule has 1 heterocycles. The maximum atomic E-state index is 8.95. The topological polar surface area (TPSA) is 32.7 Å². The highest BCUT2D eigenvalue weighted by molar-refractivity contribution is 5.33. The molecule has 0 aromatic heterocycles. The van der Waals surface area contributed by atoms with E-state index in [1.807, 2.05) is 12.1 Å². The van der Waals surface area contributed by atoms with Gasteiger partial charge in [-0.25, -0.2) is 0 Å². The summed E-state index contributed by atoms with van der Waals surface area (Å²) in [7, 11) is 1.72. The average Bonchev–Trinajstić information content (AvgIpc) is 2.78. The van der Waals surface area contributed by atoms with Crippen molar-refractivity contribution >= 4 is 0 Å². The molecule has 0 amide bonds. The van der Waals surface area contributed by atoms with Crippen LogP contribution < -0.4 is 4.74 Å². The largest absolute Gasteiger partial charge is 0.496 e. The Morgan fingerprint density at radius 3 is 3.00 bits per heavy atom. The van der Waals surface area contributed by atoms with Gasteiger partial charge in [0.1, 0.15) is 5.75 Å². The highest BCUT2D eigenvalue weighted by Crippen LogP contribution is 2.24. The van der Waals surface area contributed by atoms with E-state index in [9.17, 15) is 0 Å². The van der Waals surface area contributed by atoms with Crippen LogP contribution in [0.15, 0.2) is 24.3 Å². The molecule has 1 aromatic carbocycles. The van der Waals surface area contributed by atoms with E-state index >= 15 is 0 Å². The van der Waals surface area contributed by atoms with Gasteiger partial charge in [0.2, 0.25) is 0 Å². The van der Waals surface area contributed by atoms with Gasteiger partial charge in [-0.2, -0.15) is 0 Å². The summed E-state index contributed by atoms with van der Waals surface area (Å²) >= 11 is 0. The number of ether oxygens (including phenoxy) is 1. The molecule has 1 aliphatic heterocycles. The molecule has 0 spiro atoms. The van der Waals surface area contributed by atoms with Crippen molar-refractivity contribution < 1.29 is 9.84 Å². The van der Waals surface area contributed by atoms with Gasteiger partial charge in [0.15, 0.2) is 0 Å². The van der Waals surface area contributed by atoms with Crippen molar-refractivity contribution in [2.75, 3.05) is 26.8 Å². The Hall–Kier alpha value is -1.06. The predicted molar refractivity (Wildman–Crippen MR) is 68.1 cm³/mol. The van der Waals surface area contributed by atoms with E-state index in [1.165, 1.54) is 12.0 Å². The maximum absolute atomic E-state index is 8.95. The van der Waals surface area contributed by atoms with Crippen LogP contribution in [-0.2, 0) is 6.54 Å². The predicted octanol–water partition coefficient (Wildman–Crippen LogP) is 1.90. The number of hydrogen-bond acceptors (Lipinski definition) is 3. The van der Waals surface area contributed by atoms with Gasteiger partial charge in [0.25, 0.3) is 0 Å². The molecule has 1 aromatic rings. The lowest BCUT2D eigenvalue weighted by Gasteiger charge is -2.17. The molecule has 0 aliphatic carbocycles. The van der Waals surface area contributed by atoms with E-state index in [1.54, 1.807) is 7.11 Å². The third-order valence-corrected chi connectivity index (χ3v) is 3.49. The molecule has 0 radical (unpaired) electrons. The van der Waals surface area contributed by atoms with Crippen molar-refractivity contribution in [2.24, 2.45) is 5.92 Å². The Bertz CT molecular complexity index is 354. The summed E-state index contributed by atoms with van der Waals surface area (Å²) < 4.78 is 5.36. The summed E-state index contributed by atoms with van der Waals surface area (Å²) in [5.41, 5.74) is 1.25. The summed E-state index contributed by atoms with van der Waals surface area (Å²) in [4.78, 5) is 2.44. The van der Waals surface area contributed by atoms with Crippen molar-refractivity contribution in [3.05, 3.63) is 29.8 Å². The summed E-state index contributed by atoms with van der Waals surface area (Å²) in [5, 5.41) is 8.95. The Morgan fingerprint density at radius 1 is 1.41 bits per heavy atom. The lowest BCUT2D eigenvalue weighted by atomic mass is 10.1. The molecular formula is C14H21NO2. The smallest absolute Gasteiger partial charge is 0.123 e. The van der Waals surface area contributed by atoms with Gasteiger partial charge in [-0.15, -0.1) is 0 Å². The summed E-state index contributed by atoms with van der Waals surface area (Å²) in [5.74, 6) is 1.63. The molecule has 0 bridgehead atoms. The monoisotopic (exact) mass is 235 g/mol. The van der Waals surface area contributed by atoms with E-state index < -0.39 is 0 Å². The maximum Gasteiger partial charge on any atom is 0.123 e. The lowest BCUT2D eigenvalue weighted by Crippen LogP contribution is -2.20. The third kappa shape index (κ3) is 3.20. The Morgan fingerprint density at radius 2 is 2.24 bits per heavy atom. The lowest BCUT2D eigenvalue weighted by molar-refractivity contribution is 0.248. The van der Waals surface area contributed by atoms with Crippen LogP contribution in [0.3, 0.4) is 0 Å². The quantitative estimate of drug-likeness (QED) is 0.846. The van der Waals surface area contributed by atoms with Crippen LogP contribution >= 0.6 is 0 Å². The molecule has 0 saturated carbocycles. The molecule has 94 valence electrons. The average molecular weight is 235 g/mol. The van der Waals surface area contributed by atoms with Crippen molar-refractivity contribution in [1.82, 2.24) is 4.90 Å². The summed E-state index contributed by atoms with van der Waals surface area (Å²) in [6.07, 6.45) is 2.14. The molecule has 17 heavy (non-hydrogen) atoms. The van der Waals surface area contributed by atoms with E-state index in [-0.39, 0.29) is 0 Å². The number of aliphatic hydroxyl groups is 1. The van der Waals surface area contributed by atoms with Crippen molar-refractivity contribution in [3.63, 3.8) is 0 Å². The fraction of sp³-hybridized carbons (Fsp3) is 0.571. The van der Waals surface area contributed by atoms with Crippen LogP contribution in [0.1, 0.15) is 18.4 Å². The summed E-state index contributed by atoms with van der Waals surface area (Å²) in [6.45, 7) is 3.49. The first-order valence-corrected chi connectivity index (χ1v) is 6.28. The van der Waals surface area contributed by atoms with Crippen LogP contribution in [0, 0.1) is 5.92 Å². The molecule has 2 rings (SSSR count). The van der Waals surface area contributed by atoms with Gasteiger partial charge >= 0.3 is 0 Å². The molecule has 3 heteroatoms. The number of hydrogen-bond donors (Lipinski definition) is 1. The molecule has 3 nitrogen and oxygen atoms in total. The van der Waals surface area contributed by atoms with Crippen LogP contribution in [-0.4, -0.2) is 36.8 Å². The minimum absolute atomic E-state index is 0.313. The summed E-state index contributed by atoms with van der Waals surface area (Å²) in [6, 6.07) is 8.19. The number of rotatable bonds is 5. The molecule has 1 N–H and O–H groups in total. The first kappa shape index (κ1) is 12.4. The number of nitrogens with zero attached hydrogens (tertiary/aromatic N) is 1. The standard InChI is InChI=1S/C14H21NO2/c1-17-14-5-3-2-4-13(14)11-15-8-6-12(10-15)7-9-16/h2-5,12,16H,6-11H2,1H3. The van der Waals surface area contributed by atoms with Gasteiger partial charge < -0.3 is 9.84 Å². The molecule has 1 atom stereocenters. The van der Waals surface area contributed by atoms with Crippen molar-refractivity contribution in [1.29, 1.82) is 0 Å². The molecule has 1 fully saturated rings. The van der Waals surface area contributed by atoms with Gasteiger partial charge in [-0.1, -0.05) is 18.2 Å². The fourth-order valence-corrected chi connectivity index (χ4v) is 2.55. The molecule has 1 aliphatic rings. The molecular weight excluding hydrogens is 214 g/mol. The second-order valence-electron chi connectivity index (χ2n) is 4.71. The van der Waals surface area contributed by atoms with Crippen LogP contribution in [0.25, 0.3) is 0 Å². The fourth-order valence-electron chi connectivity index (χ4n) is 2.55. The van der Waals surface area contributed by atoms with Gasteiger partial charge in [0, 0.05) is 25.3 Å². The van der Waals surface area contributed by atoms with Gasteiger partial charge in [-0.3, -0.25) is 4.90 Å². The van der Waals surface area contributed by atoms with Crippen LogP contribution in [0.5, 0.6) is 5.75 Å². The Labute approximate surface area is 103 Å². The zero-order valence-corrected chi connectivity index (χ0v) is 10.4. The highest BCUT2D eigenvalue weighted by atomic mass is 16.5. The van der Waals surface area contributed by atoms with E-state index in [0.717, 1.165) is 31.8 Å². The van der Waals surface area contributed by atoms with Gasteiger partial charge in [-0.05, 0) is 31.4 Å². The number of likely N-dealkylation sites (tertiary alicyclic amines) is 1. The number of methoxy groups -OCH3 is 1. The molecule has 1 unspecified atom stereocenters. The van der Waals surface area contributed by atoms with Gasteiger partial charge in [0.05, 0.1) is 7.11 Å². The highest BCUT2D eigenvalue weighted by Gasteiger charge is 2.22. The number of aliphatic hydroxyl groups excluding tert-OH is 1. The zero-order chi connectivity index (χ0) is 12.1. The number of benzene rings is 1.